The summed E-state index contributed by atoms with van der Waals surface area (Å²) in [5, 5.41) is 16.0. The molecule has 17 heavy (non-hydrogen) atoms. The molecule has 0 aromatic carbocycles. The molecule has 0 aliphatic carbocycles. The van der Waals surface area contributed by atoms with Gasteiger partial charge in [-0.05, 0) is 6.07 Å². The highest BCUT2D eigenvalue weighted by Gasteiger charge is 2.40. The number of hydrogen-bond donors (Lipinski definition) is 3. The van der Waals surface area contributed by atoms with Crippen LogP contribution in [-0.4, -0.2) is 39.4 Å². The maximum Gasteiger partial charge on any atom is 0.471 e. The first-order chi connectivity index (χ1) is 7.80. The number of hydrogen-bond acceptors (Lipinski definition) is 3. The van der Waals surface area contributed by atoms with E-state index >= 15 is 0 Å². The summed E-state index contributed by atoms with van der Waals surface area (Å²) >= 11 is 0. The Kier molecular flexibility index (Phi) is 3.71. The van der Waals surface area contributed by atoms with E-state index in [2.05, 4.69) is 10.2 Å². The lowest BCUT2D eigenvalue weighted by Crippen LogP contribution is -2.47. The standard InChI is InChI=1S/C8H8F3N3O3/c9-8(10,11)7(17)13-5(6(15)16)3-4-1-2-12-14-4/h1-2,5H,3H2,(H,12,14)(H,13,17)(H,15,16)/t5-/m1/s1. The van der Waals surface area contributed by atoms with Gasteiger partial charge in [0.2, 0.25) is 0 Å². The zero-order chi connectivity index (χ0) is 13.1. The van der Waals surface area contributed by atoms with Gasteiger partial charge in [0.15, 0.2) is 0 Å². The van der Waals surface area contributed by atoms with Gasteiger partial charge in [-0.2, -0.15) is 18.3 Å². The van der Waals surface area contributed by atoms with E-state index in [-0.39, 0.29) is 6.42 Å². The van der Waals surface area contributed by atoms with Gasteiger partial charge in [0.25, 0.3) is 0 Å². The third-order valence-electron chi connectivity index (χ3n) is 1.84. The lowest BCUT2D eigenvalue weighted by atomic mass is 10.1. The van der Waals surface area contributed by atoms with Crippen molar-refractivity contribution in [3.05, 3.63) is 18.0 Å². The second-order valence-electron chi connectivity index (χ2n) is 3.15. The number of carbonyl (C=O) groups excluding carboxylic acids is 1. The maximum atomic E-state index is 11.9. The van der Waals surface area contributed by atoms with Crippen molar-refractivity contribution in [2.24, 2.45) is 0 Å². The van der Waals surface area contributed by atoms with Gasteiger partial charge in [-0.15, -0.1) is 0 Å². The molecule has 0 aliphatic rings. The molecule has 1 rings (SSSR count). The topological polar surface area (TPSA) is 95.1 Å². The van der Waals surface area contributed by atoms with E-state index < -0.39 is 24.1 Å². The quantitative estimate of drug-likeness (QED) is 0.706. The summed E-state index contributed by atoms with van der Waals surface area (Å²) in [6.45, 7) is 0. The van der Waals surface area contributed by atoms with Gasteiger partial charge >= 0.3 is 18.1 Å². The molecule has 0 unspecified atom stereocenters. The van der Waals surface area contributed by atoms with Crippen molar-refractivity contribution in [2.75, 3.05) is 0 Å². The summed E-state index contributed by atoms with van der Waals surface area (Å²) in [5.74, 6) is -3.85. The van der Waals surface area contributed by atoms with Crippen molar-refractivity contribution in [2.45, 2.75) is 18.6 Å². The molecular formula is C8H8F3N3O3. The molecule has 1 aromatic rings. The molecular weight excluding hydrogens is 243 g/mol. The van der Waals surface area contributed by atoms with E-state index in [1.54, 1.807) is 0 Å². The molecule has 0 radical (unpaired) electrons. The minimum atomic E-state index is -5.11. The Morgan fingerprint density at radius 1 is 1.53 bits per heavy atom. The van der Waals surface area contributed by atoms with E-state index in [1.165, 1.54) is 17.6 Å². The number of aliphatic carboxylic acids is 1. The minimum Gasteiger partial charge on any atom is -0.480 e. The van der Waals surface area contributed by atoms with Crippen molar-refractivity contribution < 1.29 is 27.9 Å². The highest BCUT2D eigenvalue weighted by molar-refractivity contribution is 5.87. The van der Waals surface area contributed by atoms with E-state index in [1.807, 2.05) is 0 Å². The summed E-state index contributed by atoms with van der Waals surface area (Å²) in [6, 6.07) is -0.264. The summed E-state index contributed by atoms with van der Waals surface area (Å²) < 4.78 is 35.8. The number of alkyl halides is 3. The highest BCUT2D eigenvalue weighted by atomic mass is 19.4. The first-order valence-electron chi connectivity index (χ1n) is 4.39. The fraction of sp³-hybridized carbons (Fsp3) is 0.375. The van der Waals surface area contributed by atoms with E-state index in [0.29, 0.717) is 5.69 Å². The SMILES string of the molecule is O=C(O)[C@@H](Cc1ccn[nH]1)NC(=O)C(F)(F)F. The predicted molar refractivity (Wildman–Crippen MR) is 47.9 cm³/mol. The van der Waals surface area contributed by atoms with Crippen LogP contribution in [0.25, 0.3) is 0 Å². The number of halogens is 3. The normalized spacial score (nSPS) is 13.1. The van der Waals surface area contributed by atoms with Gasteiger partial charge in [-0.1, -0.05) is 0 Å². The molecule has 0 aliphatic heterocycles. The summed E-state index contributed by atoms with van der Waals surface area (Å²) in [5.41, 5.74) is 0.305. The fourth-order valence-electron chi connectivity index (χ4n) is 1.06. The zero-order valence-corrected chi connectivity index (χ0v) is 8.28. The van der Waals surface area contributed by atoms with Crippen LogP contribution in [0.1, 0.15) is 5.69 Å². The Balaban J connectivity index is 2.68. The third-order valence-corrected chi connectivity index (χ3v) is 1.84. The van der Waals surface area contributed by atoms with Gasteiger partial charge in [-0.3, -0.25) is 9.89 Å². The molecule has 1 atom stereocenters. The minimum absolute atomic E-state index is 0.305. The van der Waals surface area contributed by atoms with Gasteiger partial charge in [0.05, 0.1) is 0 Å². The van der Waals surface area contributed by atoms with Crippen LogP contribution in [-0.2, 0) is 16.0 Å². The number of nitrogens with zero attached hydrogens (tertiary/aromatic N) is 1. The second kappa shape index (κ2) is 4.85. The average molecular weight is 251 g/mol. The van der Waals surface area contributed by atoms with Crippen molar-refractivity contribution in [1.82, 2.24) is 15.5 Å². The van der Waals surface area contributed by atoms with Crippen molar-refractivity contribution >= 4 is 11.9 Å². The predicted octanol–water partition coefficient (Wildman–Crippen LogP) is 0.0839. The Labute approximate surface area is 92.8 Å². The van der Waals surface area contributed by atoms with Crippen molar-refractivity contribution in [3.8, 4) is 0 Å². The molecule has 1 heterocycles. The Morgan fingerprint density at radius 3 is 2.59 bits per heavy atom. The van der Waals surface area contributed by atoms with Gasteiger partial charge in [0.1, 0.15) is 6.04 Å². The summed E-state index contributed by atoms with van der Waals surface area (Å²) in [4.78, 5) is 21.3. The highest BCUT2D eigenvalue weighted by Crippen LogP contribution is 2.15. The lowest BCUT2D eigenvalue weighted by molar-refractivity contribution is -0.175. The number of H-pyrrole nitrogens is 1. The fourth-order valence-corrected chi connectivity index (χ4v) is 1.06. The monoisotopic (exact) mass is 251 g/mol. The molecule has 94 valence electrons. The Hall–Kier alpha value is -2.06. The van der Waals surface area contributed by atoms with Crippen molar-refractivity contribution in [1.29, 1.82) is 0 Å². The third kappa shape index (κ3) is 3.78. The maximum absolute atomic E-state index is 11.9. The summed E-state index contributed by atoms with van der Waals surface area (Å²) in [7, 11) is 0. The molecule has 9 heteroatoms. The number of nitrogens with one attached hydrogen (secondary N) is 2. The van der Waals surface area contributed by atoms with Crippen LogP contribution in [0.15, 0.2) is 12.3 Å². The number of amides is 1. The van der Waals surface area contributed by atoms with E-state index in [0.717, 1.165) is 0 Å². The molecule has 0 bridgehead atoms. The summed E-state index contributed by atoms with van der Waals surface area (Å²) in [6.07, 6.45) is -4.10. The number of aromatic amines is 1. The smallest absolute Gasteiger partial charge is 0.471 e. The Morgan fingerprint density at radius 2 is 2.18 bits per heavy atom. The lowest BCUT2D eigenvalue weighted by Gasteiger charge is -2.14. The number of carboxylic acids is 1. The molecule has 0 fully saturated rings. The molecule has 0 spiro atoms. The van der Waals surface area contributed by atoms with Crippen molar-refractivity contribution in [3.63, 3.8) is 0 Å². The first kappa shape index (κ1) is 13.0. The number of aromatic nitrogens is 2. The molecule has 0 saturated carbocycles. The van der Waals surface area contributed by atoms with E-state index in [4.69, 9.17) is 5.11 Å². The zero-order valence-electron chi connectivity index (χ0n) is 8.28. The molecule has 3 N–H and O–H groups in total. The average Bonchev–Trinajstić information content (AvgIpc) is 2.67. The molecule has 6 nitrogen and oxygen atoms in total. The first-order valence-corrected chi connectivity index (χ1v) is 4.39. The number of rotatable bonds is 4. The van der Waals surface area contributed by atoms with Gasteiger partial charge in [0, 0.05) is 18.3 Å². The van der Waals surface area contributed by atoms with Crippen LogP contribution >= 0.6 is 0 Å². The van der Waals surface area contributed by atoms with Crippen LogP contribution in [0.3, 0.4) is 0 Å². The molecule has 1 amide bonds. The van der Waals surface area contributed by atoms with Crippen LogP contribution in [0.2, 0.25) is 0 Å². The molecule has 1 aromatic heterocycles. The second-order valence-corrected chi connectivity index (χ2v) is 3.15. The number of carboxylic acid groups (broad SMARTS) is 1. The van der Waals surface area contributed by atoms with Crippen LogP contribution < -0.4 is 5.32 Å². The van der Waals surface area contributed by atoms with Gasteiger partial charge in [-0.25, -0.2) is 4.79 Å². The van der Waals surface area contributed by atoms with Gasteiger partial charge < -0.3 is 10.4 Å². The molecule has 0 saturated heterocycles. The largest absolute Gasteiger partial charge is 0.480 e. The van der Waals surface area contributed by atoms with Crippen LogP contribution in [0, 0.1) is 0 Å². The number of carbonyl (C=O) groups is 2. The van der Waals surface area contributed by atoms with E-state index in [9.17, 15) is 22.8 Å². The Bertz CT molecular complexity index is 402. The van der Waals surface area contributed by atoms with Crippen LogP contribution in [0.5, 0.6) is 0 Å². The van der Waals surface area contributed by atoms with Crippen LogP contribution in [0.4, 0.5) is 13.2 Å².